The van der Waals surface area contributed by atoms with Gasteiger partial charge >= 0.3 is 5.97 Å². The molecular formula is C14H15NO3S. The summed E-state index contributed by atoms with van der Waals surface area (Å²) in [4.78, 5) is 15.6. The summed E-state index contributed by atoms with van der Waals surface area (Å²) in [5, 5.41) is 9.96. The summed E-state index contributed by atoms with van der Waals surface area (Å²) in [6.07, 6.45) is 1.49. The molecule has 5 heteroatoms. The van der Waals surface area contributed by atoms with Crippen molar-refractivity contribution >= 4 is 28.6 Å². The van der Waals surface area contributed by atoms with E-state index in [1.165, 1.54) is 6.20 Å². The van der Waals surface area contributed by atoms with Gasteiger partial charge in [-0.25, -0.2) is 4.79 Å². The zero-order chi connectivity index (χ0) is 13.7. The number of carboxylic acid groups (broad SMARTS) is 1. The number of aromatic carboxylic acids is 1. The monoisotopic (exact) mass is 277 g/mol. The SMILES string of the molecule is CCSCCOc1cnc2ccccc2c1C(=O)O. The van der Waals surface area contributed by atoms with E-state index < -0.39 is 5.97 Å². The van der Waals surface area contributed by atoms with Gasteiger partial charge in [0.2, 0.25) is 0 Å². The number of aromatic nitrogens is 1. The predicted octanol–water partition coefficient (Wildman–Crippen LogP) is 3.06. The first-order valence-electron chi connectivity index (χ1n) is 6.05. The van der Waals surface area contributed by atoms with Crippen LogP contribution in [0.4, 0.5) is 0 Å². The first-order valence-corrected chi connectivity index (χ1v) is 7.21. The minimum atomic E-state index is -0.989. The molecular weight excluding hydrogens is 262 g/mol. The molecule has 1 aromatic carbocycles. The molecule has 1 heterocycles. The molecule has 1 aromatic heterocycles. The molecule has 0 saturated heterocycles. The summed E-state index contributed by atoms with van der Waals surface area (Å²) in [5.74, 6) is 1.20. The van der Waals surface area contributed by atoms with E-state index >= 15 is 0 Å². The number of para-hydroxylation sites is 1. The standard InChI is InChI=1S/C14H15NO3S/c1-2-19-8-7-18-12-9-15-11-6-4-3-5-10(11)13(12)14(16)17/h3-6,9H,2,7-8H2,1H3,(H,16,17). The van der Waals surface area contributed by atoms with Gasteiger partial charge in [-0.3, -0.25) is 4.98 Å². The van der Waals surface area contributed by atoms with Crippen LogP contribution in [0.2, 0.25) is 0 Å². The van der Waals surface area contributed by atoms with Crippen molar-refractivity contribution in [3.8, 4) is 5.75 Å². The van der Waals surface area contributed by atoms with Crippen molar-refractivity contribution in [3.63, 3.8) is 0 Å². The highest BCUT2D eigenvalue weighted by Crippen LogP contribution is 2.26. The Labute approximate surface area is 115 Å². The number of nitrogens with zero attached hydrogens (tertiary/aromatic N) is 1. The molecule has 0 radical (unpaired) electrons. The highest BCUT2D eigenvalue weighted by molar-refractivity contribution is 7.99. The van der Waals surface area contributed by atoms with Crippen LogP contribution in [0.25, 0.3) is 10.9 Å². The number of hydrogen-bond donors (Lipinski definition) is 1. The second-order valence-electron chi connectivity index (χ2n) is 3.87. The van der Waals surface area contributed by atoms with E-state index in [-0.39, 0.29) is 5.56 Å². The molecule has 0 aliphatic rings. The third-order valence-corrected chi connectivity index (χ3v) is 3.51. The molecule has 4 nitrogen and oxygen atoms in total. The average molecular weight is 277 g/mol. The van der Waals surface area contributed by atoms with Crippen molar-refractivity contribution in [2.24, 2.45) is 0 Å². The van der Waals surface area contributed by atoms with Crippen molar-refractivity contribution in [2.75, 3.05) is 18.1 Å². The number of rotatable bonds is 6. The Kier molecular flexibility index (Phi) is 4.63. The molecule has 1 N–H and O–H groups in total. The first-order chi connectivity index (χ1) is 9.24. The maximum atomic E-state index is 11.4. The topological polar surface area (TPSA) is 59.4 Å². The Morgan fingerprint density at radius 3 is 2.95 bits per heavy atom. The fourth-order valence-corrected chi connectivity index (χ4v) is 2.30. The summed E-state index contributed by atoms with van der Waals surface area (Å²) >= 11 is 1.75. The second-order valence-corrected chi connectivity index (χ2v) is 5.26. The van der Waals surface area contributed by atoms with Crippen LogP contribution < -0.4 is 4.74 Å². The summed E-state index contributed by atoms with van der Waals surface area (Å²) in [5.41, 5.74) is 0.849. The van der Waals surface area contributed by atoms with Crippen LogP contribution in [0.15, 0.2) is 30.5 Å². The fourth-order valence-electron chi connectivity index (χ4n) is 1.81. The van der Waals surface area contributed by atoms with Crippen LogP contribution in [0.1, 0.15) is 17.3 Å². The smallest absolute Gasteiger partial charge is 0.340 e. The highest BCUT2D eigenvalue weighted by atomic mass is 32.2. The number of carbonyl (C=O) groups is 1. The molecule has 0 aliphatic carbocycles. The quantitative estimate of drug-likeness (QED) is 0.822. The Balaban J connectivity index is 2.32. The molecule has 0 spiro atoms. The molecule has 2 rings (SSSR count). The van der Waals surface area contributed by atoms with E-state index in [2.05, 4.69) is 11.9 Å². The van der Waals surface area contributed by atoms with Crippen molar-refractivity contribution < 1.29 is 14.6 Å². The minimum Gasteiger partial charge on any atom is -0.490 e. The summed E-state index contributed by atoms with van der Waals surface area (Å²) in [6.45, 7) is 2.56. The summed E-state index contributed by atoms with van der Waals surface area (Å²) < 4.78 is 5.54. The van der Waals surface area contributed by atoms with Crippen LogP contribution in [-0.2, 0) is 0 Å². The van der Waals surface area contributed by atoms with Gasteiger partial charge in [0.1, 0.15) is 5.56 Å². The molecule has 100 valence electrons. The molecule has 0 bridgehead atoms. The van der Waals surface area contributed by atoms with Crippen LogP contribution in [0.3, 0.4) is 0 Å². The third-order valence-electron chi connectivity index (χ3n) is 2.64. The first kappa shape index (κ1) is 13.7. The number of pyridine rings is 1. The lowest BCUT2D eigenvalue weighted by Crippen LogP contribution is -2.07. The minimum absolute atomic E-state index is 0.187. The van der Waals surface area contributed by atoms with Gasteiger partial charge in [0.05, 0.1) is 18.3 Å². The third kappa shape index (κ3) is 3.17. The lowest BCUT2D eigenvalue weighted by Gasteiger charge is -2.10. The van der Waals surface area contributed by atoms with Gasteiger partial charge < -0.3 is 9.84 Å². The van der Waals surface area contributed by atoms with Crippen molar-refractivity contribution in [3.05, 3.63) is 36.0 Å². The number of carboxylic acids is 1. The Morgan fingerprint density at radius 2 is 2.21 bits per heavy atom. The summed E-state index contributed by atoms with van der Waals surface area (Å²) in [7, 11) is 0. The molecule has 0 aliphatic heterocycles. The van der Waals surface area contributed by atoms with Crippen LogP contribution in [-0.4, -0.2) is 34.2 Å². The highest BCUT2D eigenvalue weighted by Gasteiger charge is 2.16. The summed E-state index contributed by atoms with van der Waals surface area (Å²) in [6, 6.07) is 7.17. The van der Waals surface area contributed by atoms with Gasteiger partial charge in [-0.2, -0.15) is 11.8 Å². The normalized spacial score (nSPS) is 10.6. The number of fused-ring (bicyclic) bond motifs is 1. The van der Waals surface area contributed by atoms with Gasteiger partial charge in [0, 0.05) is 11.1 Å². The zero-order valence-electron chi connectivity index (χ0n) is 10.6. The van der Waals surface area contributed by atoms with E-state index in [1.54, 1.807) is 30.0 Å². The van der Waals surface area contributed by atoms with E-state index in [1.807, 2.05) is 6.07 Å². The van der Waals surface area contributed by atoms with Crippen molar-refractivity contribution in [1.82, 2.24) is 4.98 Å². The molecule has 0 amide bonds. The number of thioether (sulfide) groups is 1. The van der Waals surface area contributed by atoms with Crippen molar-refractivity contribution in [2.45, 2.75) is 6.92 Å². The molecule has 0 unspecified atom stereocenters. The maximum absolute atomic E-state index is 11.4. The molecule has 2 aromatic rings. The average Bonchev–Trinajstić information content (AvgIpc) is 2.42. The fraction of sp³-hybridized carbons (Fsp3) is 0.286. The van der Waals surface area contributed by atoms with E-state index in [4.69, 9.17) is 4.74 Å². The van der Waals surface area contributed by atoms with Gasteiger partial charge in [-0.1, -0.05) is 25.1 Å². The van der Waals surface area contributed by atoms with Crippen LogP contribution >= 0.6 is 11.8 Å². The van der Waals surface area contributed by atoms with Gasteiger partial charge in [-0.05, 0) is 11.8 Å². The molecule has 19 heavy (non-hydrogen) atoms. The van der Waals surface area contributed by atoms with E-state index in [9.17, 15) is 9.90 Å². The van der Waals surface area contributed by atoms with Gasteiger partial charge in [0.15, 0.2) is 5.75 Å². The lowest BCUT2D eigenvalue weighted by atomic mass is 10.1. The van der Waals surface area contributed by atoms with Gasteiger partial charge in [0.25, 0.3) is 0 Å². The lowest BCUT2D eigenvalue weighted by molar-refractivity contribution is 0.0695. The van der Waals surface area contributed by atoms with Crippen LogP contribution in [0.5, 0.6) is 5.75 Å². The maximum Gasteiger partial charge on any atom is 0.340 e. The molecule has 0 atom stereocenters. The Hall–Kier alpha value is -1.75. The number of hydrogen-bond acceptors (Lipinski definition) is 4. The number of ether oxygens (including phenoxy) is 1. The van der Waals surface area contributed by atoms with Crippen molar-refractivity contribution in [1.29, 1.82) is 0 Å². The zero-order valence-corrected chi connectivity index (χ0v) is 11.4. The molecule has 0 saturated carbocycles. The Bertz CT molecular complexity index is 586. The van der Waals surface area contributed by atoms with E-state index in [0.29, 0.717) is 23.3 Å². The molecule has 0 fully saturated rings. The Morgan fingerprint density at radius 1 is 1.42 bits per heavy atom. The van der Waals surface area contributed by atoms with E-state index in [0.717, 1.165) is 11.5 Å². The largest absolute Gasteiger partial charge is 0.490 e. The van der Waals surface area contributed by atoms with Crippen LogP contribution in [0, 0.1) is 0 Å². The second kappa shape index (κ2) is 6.43. The number of benzene rings is 1. The van der Waals surface area contributed by atoms with Gasteiger partial charge in [-0.15, -0.1) is 0 Å². The predicted molar refractivity (Wildman–Crippen MR) is 77.2 cm³/mol.